The number of aromatic nitrogens is 4. The van der Waals surface area contributed by atoms with Gasteiger partial charge in [0, 0.05) is 19.1 Å². The van der Waals surface area contributed by atoms with E-state index in [9.17, 15) is 31.5 Å². The second-order valence-corrected chi connectivity index (χ2v) is 12.9. The Balaban J connectivity index is 1.16. The molecule has 16 heteroatoms. The summed E-state index contributed by atoms with van der Waals surface area (Å²) in [6.07, 6.45) is -1.73. The topological polar surface area (TPSA) is 156 Å². The lowest BCUT2D eigenvalue weighted by atomic mass is 10.1. The van der Waals surface area contributed by atoms with Crippen LogP contribution in [0.1, 0.15) is 34.7 Å². The minimum absolute atomic E-state index is 0.167. The van der Waals surface area contributed by atoms with E-state index >= 15 is 0 Å². The van der Waals surface area contributed by atoms with E-state index in [-0.39, 0.29) is 23.6 Å². The second kappa shape index (κ2) is 14.5. The Morgan fingerprint density at radius 2 is 1.73 bits per heavy atom. The summed E-state index contributed by atoms with van der Waals surface area (Å²) in [5.41, 5.74) is 1.74. The number of anilines is 2. The van der Waals surface area contributed by atoms with Gasteiger partial charge in [-0.2, -0.15) is 5.10 Å². The number of halogens is 3. The quantitative estimate of drug-likeness (QED) is 0.132. The predicted octanol–water partition coefficient (Wildman–Crippen LogP) is 4.35. The maximum atomic E-state index is 12.4. The number of carbonyl (C=O) groups is 1. The first-order chi connectivity index (χ1) is 20.8. The van der Waals surface area contributed by atoms with Crippen molar-refractivity contribution in [2.75, 3.05) is 16.9 Å². The third-order valence-electron chi connectivity index (χ3n) is 6.07. The van der Waals surface area contributed by atoms with Gasteiger partial charge in [-0.05, 0) is 66.8 Å². The van der Waals surface area contributed by atoms with Crippen LogP contribution in [0.25, 0.3) is 0 Å². The van der Waals surface area contributed by atoms with Crippen LogP contribution < -0.4 is 15.4 Å². The molecule has 3 N–H and O–H groups in total. The molecule has 2 aromatic heterocycles. The lowest BCUT2D eigenvalue weighted by Gasteiger charge is -2.12. The van der Waals surface area contributed by atoms with E-state index in [1.807, 2.05) is 0 Å². The molecule has 0 saturated carbocycles. The van der Waals surface area contributed by atoms with Crippen LogP contribution in [-0.4, -0.2) is 58.7 Å². The smallest absolute Gasteiger partial charge is 0.406 e. The molecule has 0 spiro atoms. The lowest BCUT2D eigenvalue weighted by molar-refractivity contribution is -0.274. The van der Waals surface area contributed by atoms with Gasteiger partial charge in [-0.15, -0.1) is 28.5 Å². The maximum Gasteiger partial charge on any atom is 0.573 e. The van der Waals surface area contributed by atoms with Crippen LogP contribution in [0.15, 0.2) is 65.6 Å². The Bertz CT molecular complexity index is 1670. The van der Waals surface area contributed by atoms with Gasteiger partial charge in [-0.1, -0.05) is 35.6 Å². The molecule has 0 saturated heterocycles. The molecule has 0 aliphatic rings. The summed E-state index contributed by atoms with van der Waals surface area (Å²) in [7, 11) is -3.34. The Morgan fingerprint density at radius 1 is 0.977 bits per heavy atom. The minimum Gasteiger partial charge on any atom is -0.406 e. The number of ether oxygens (including phenoxy) is 1. The molecule has 1 unspecified atom stereocenters. The summed E-state index contributed by atoms with van der Waals surface area (Å²) in [6.45, 7) is 0. The molecular weight excluding hydrogens is 621 g/mol. The number of aliphatic hydroxyl groups excluding tert-OH is 1. The summed E-state index contributed by atoms with van der Waals surface area (Å²) in [4.78, 5) is 12.5. The molecule has 4 rings (SSSR count). The van der Waals surface area contributed by atoms with Gasteiger partial charge in [0.2, 0.25) is 11.0 Å². The van der Waals surface area contributed by atoms with Crippen molar-refractivity contribution < 1.29 is 36.2 Å². The molecule has 234 valence electrons. The zero-order valence-electron chi connectivity index (χ0n) is 23.4. The molecule has 0 fully saturated rings. The molecule has 1 amide bonds. The van der Waals surface area contributed by atoms with E-state index in [1.54, 1.807) is 24.3 Å². The van der Waals surface area contributed by atoms with Crippen LogP contribution in [-0.2, 0) is 40.3 Å². The van der Waals surface area contributed by atoms with E-state index in [2.05, 4.69) is 35.8 Å². The fourth-order valence-corrected chi connectivity index (χ4v) is 5.62. The van der Waals surface area contributed by atoms with Gasteiger partial charge in [0.1, 0.15) is 17.0 Å². The highest BCUT2D eigenvalue weighted by Crippen LogP contribution is 2.24. The Hall–Kier alpha value is -4.15. The van der Waals surface area contributed by atoms with E-state index in [4.69, 9.17) is 0 Å². The van der Waals surface area contributed by atoms with Crippen LogP contribution in [0, 0.1) is 0 Å². The second-order valence-electron chi connectivity index (χ2n) is 9.82. The SMILES string of the molecule is CS(=O)(=O)c1cccc(CC(O)Nc2nnc(CCCCc3ccc(NC(=O)Cc4cccc(OC(F)(F)F)c4)nn3)s2)c1. The average Bonchev–Trinajstić information content (AvgIpc) is 3.37. The highest BCUT2D eigenvalue weighted by atomic mass is 32.2. The first-order valence-electron chi connectivity index (χ1n) is 13.4. The Morgan fingerprint density at radius 3 is 2.45 bits per heavy atom. The highest BCUT2D eigenvalue weighted by molar-refractivity contribution is 7.90. The summed E-state index contributed by atoms with van der Waals surface area (Å²) in [6, 6.07) is 14.9. The lowest BCUT2D eigenvalue weighted by Crippen LogP contribution is -2.21. The fraction of sp³-hybridized carbons (Fsp3) is 0.321. The number of rotatable bonds is 14. The summed E-state index contributed by atoms with van der Waals surface area (Å²) < 4.78 is 64.6. The summed E-state index contributed by atoms with van der Waals surface area (Å²) in [5, 5.41) is 33.4. The molecule has 11 nitrogen and oxygen atoms in total. The van der Waals surface area contributed by atoms with Crippen molar-refractivity contribution in [1.29, 1.82) is 0 Å². The molecule has 0 radical (unpaired) electrons. The molecule has 0 aliphatic heterocycles. The third kappa shape index (κ3) is 10.8. The number of sulfone groups is 1. The van der Waals surface area contributed by atoms with Crippen molar-refractivity contribution in [2.45, 2.75) is 56.0 Å². The number of nitrogens with one attached hydrogen (secondary N) is 2. The minimum atomic E-state index is -4.82. The van der Waals surface area contributed by atoms with Crippen molar-refractivity contribution in [3.05, 3.63) is 82.5 Å². The fourth-order valence-electron chi connectivity index (χ4n) is 4.10. The summed E-state index contributed by atoms with van der Waals surface area (Å²) >= 11 is 1.32. The number of alkyl halides is 3. The molecule has 2 heterocycles. The van der Waals surface area contributed by atoms with Gasteiger partial charge in [0.15, 0.2) is 15.7 Å². The van der Waals surface area contributed by atoms with Gasteiger partial charge < -0.3 is 20.5 Å². The van der Waals surface area contributed by atoms with Crippen molar-refractivity contribution >= 4 is 38.0 Å². The number of aliphatic hydroxyl groups is 1. The highest BCUT2D eigenvalue weighted by Gasteiger charge is 2.31. The number of aryl methyl sites for hydroxylation is 2. The van der Waals surface area contributed by atoms with Gasteiger partial charge in [-0.25, -0.2) is 8.42 Å². The van der Waals surface area contributed by atoms with Crippen LogP contribution in [0.2, 0.25) is 0 Å². The number of nitrogens with zero attached hydrogens (tertiary/aromatic N) is 4. The number of carbonyl (C=O) groups excluding carboxylic acids is 1. The number of amides is 1. The maximum absolute atomic E-state index is 12.4. The van der Waals surface area contributed by atoms with E-state index in [0.29, 0.717) is 29.1 Å². The number of hydrogen-bond donors (Lipinski definition) is 3. The number of unbranched alkanes of at least 4 members (excludes halogenated alkanes) is 1. The molecule has 2 aromatic carbocycles. The molecule has 0 bridgehead atoms. The van der Waals surface area contributed by atoms with Crippen molar-refractivity contribution in [3.63, 3.8) is 0 Å². The van der Waals surface area contributed by atoms with Crippen molar-refractivity contribution in [1.82, 2.24) is 20.4 Å². The molecule has 0 aliphatic carbocycles. The monoisotopic (exact) mass is 650 g/mol. The van der Waals surface area contributed by atoms with Gasteiger partial charge >= 0.3 is 6.36 Å². The zero-order chi connectivity index (χ0) is 31.7. The zero-order valence-corrected chi connectivity index (χ0v) is 25.0. The predicted molar refractivity (Wildman–Crippen MR) is 157 cm³/mol. The van der Waals surface area contributed by atoms with Crippen LogP contribution in [0.4, 0.5) is 24.1 Å². The van der Waals surface area contributed by atoms with E-state index in [1.165, 1.54) is 35.6 Å². The van der Waals surface area contributed by atoms with Crippen molar-refractivity contribution in [3.8, 4) is 5.75 Å². The Labute approximate surface area is 255 Å². The van der Waals surface area contributed by atoms with E-state index < -0.39 is 34.1 Å². The normalized spacial score (nSPS) is 12.5. The molecule has 1 atom stereocenters. The summed E-state index contributed by atoms with van der Waals surface area (Å²) in [5.74, 6) is -0.641. The van der Waals surface area contributed by atoms with Gasteiger partial charge in [0.05, 0.1) is 17.0 Å². The first kappa shape index (κ1) is 32.8. The van der Waals surface area contributed by atoms with Gasteiger partial charge in [-0.3, -0.25) is 4.79 Å². The average molecular weight is 651 g/mol. The van der Waals surface area contributed by atoms with E-state index in [0.717, 1.165) is 41.9 Å². The van der Waals surface area contributed by atoms with Gasteiger partial charge in [0.25, 0.3) is 0 Å². The van der Waals surface area contributed by atoms with Crippen LogP contribution >= 0.6 is 11.3 Å². The van der Waals surface area contributed by atoms with Crippen LogP contribution in [0.3, 0.4) is 0 Å². The standard InChI is InChI=1S/C28H29F3N6O5S2/c1-44(40,41)22-10-5-7-19(15-22)17-25(39)33-27-37-36-26(43-27)11-3-2-8-20-12-13-23(35-34-20)32-24(38)16-18-6-4-9-21(14-18)42-28(29,30)31/h4-7,9-10,12-15,25,39H,2-3,8,11,16-17H2,1H3,(H,33,37)(H,32,35,38). The Kier molecular flexibility index (Phi) is 10.8. The van der Waals surface area contributed by atoms with Crippen LogP contribution in [0.5, 0.6) is 5.75 Å². The molecule has 4 aromatic rings. The number of benzene rings is 2. The molecular formula is C28H29F3N6O5S2. The first-order valence-corrected chi connectivity index (χ1v) is 16.1. The largest absolute Gasteiger partial charge is 0.573 e. The van der Waals surface area contributed by atoms with Crippen molar-refractivity contribution in [2.24, 2.45) is 0 Å². The third-order valence-corrected chi connectivity index (χ3v) is 8.09. The molecule has 44 heavy (non-hydrogen) atoms. The number of hydrogen-bond acceptors (Lipinski definition) is 11.